The van der Waals surface area contributed by atoms with E-state index in [1.807, 2.05) is 0 Å². The van der Waals surface area contributed by atoms with Gasteiger partial charge in [-0.25, -0.2) is 0 Å². The van der Waals surface area contributed by atoms with E-state index in [4.69, 9.17) is 10.2 Å². The smallest absolute Gasteiger partial charge is 0.309 e. The Morgan fingerprint density at radius 3 is 1.61 bits per heavy atom. The normalized spacial score (nSPS) is 20.4. The molecule has 4 heteroatoms. The molecule has 0 aromatic heterocycles. The summed E-state index contributed by atoms with van der Waals surface area (Å²) in [6, 6.07) is 0. The zero-order valence-corrected chi connectivity index (χ0v) is 11.0. The van der Waals surface area contributed by atoms with Gasteiger partial charge in [-0.15, -0.1) is 0 Å². The van der Waals surface area contributed by atoms with Crippen LogP contribution in [-0.4, -0.2) is 22.2 Å². The highest BCUT2D eigenvalue weighted by molar-refractivity contribution is 5.77. The Morgan fingerprint density at radius 2 is 1.33 bits per heavy atom. The number of aliphatic carboxylic acids is 2. The van der Waals surface area contributed by atoms with E-state index < -0.39 is 17.4 Å². The molecule has 0 aromatic carbocycles. The predicted octanol–water partition coefficient (Wildman–Crippen LogP) is 3.45. The third-order valence-electron chi connectivity index (χ3n) is 3.85. The topological polar surface area (TPSA) is 74.6 Å². The van der Waals surface area contributed by atoms with E-state index in [0.717, 1.165) is 0 Å². The van der Waals surface area contributed by atoms with Crippen molar-refractivity contribution < 1.29 is 19.8 Å². The summed E-state index contributed by atoms with van der Waals surface area (Å²) in [4.78, 5) is 20.7. The first-order valence-electron chi connectivity index (χ1n) is 7.02. The van der Waals surface area contributed by atoms with Crippen molar-refractivity contribution in [1.82, 2.24) is 0 Å². The van der Waals surface area contributed by atoms with Gasteiger partial charge in [-0.05, 0) is 25.7 Å². The van der Waals surface area contributed by atoms with Gasteiger partial charge in [0.2, 0.25) is 0 Å². The molecular weight excluding hydrogens is 232 g/mol. The molecule has 2 aliphatic rings. The maximum absolute atomic E-state index is 10.6. The molecule has 0 heterocycles. The molecule has 0 saturated heterocycles. The summed E-state index contributed by atoms with van der Waals surface area (Å²) in [5.41, 5.74) is -0.560. The predicted molar refractivity (Wildman–Crippen MR) is 68.5 cm³/mol. The lowest BCUT2D eigenvalue weighted by Gasteiger charge is -2.06. The Balaban J connectivity index is 0.000000225. The van der Waals surface area contributed by atoms with Crippen molar-refractivity contribution in [3.05, 3.63) is 0 Å². The second-order valence-electron chi connectivity index (χ2n) is 5.45. The molecule has 104 valence electrons. The summed E-state index contributed by atoms with van der Waals surface area (Å²) in [6.45, 7) is 0. The first kappa shape index (κ1) is 15.0. The summed E-state index contributed by atoms with van der Waals surface area (Å²) >= 11 is 0. The molecule has 0 atom stereocenters. The summed E-state index contributed by atoms with van der Waals surface area (Å²) < 4.78 is 0. The van der Waals surface area contributed by atoms with Crippen LogP contribution in [0, 0.1) is 5.41 Å². The van der Waals surface area contributed by atoms with E-state index in [9.17, 15) is 9.59 Å². The van der Waals surface area contributed by atoms with E-state index in [0.29, 0.717) is 25.7 Å². The maximum Gasteiger partial charge on any atom is 0.309 e. The Kier molecular flexibility index (Phi) is 6.16. The molecule has 0 amide bonds. The fourth-order valence-electron chi connectivity index (χ4n) is 2.36. The molecule has 2 saturated carbocycles. The molecule has 0 radical (unpaired) electrons. The molecule has 2 N–H and O–H groups in total. The second-order valence-corrected chi connectivity index (χ2v) is 5.45. The SMILES string of the molecule is C1CCCCC1.O=C(O)CCCC1(C(=O)O)CC1. The largest absolute Gasteiger partial charge is 0.481 e. The Bertz CT molecular complexity index is 266. The van der Waals surface area contributed by atoms with Crippen molar-refractivity contribution in [3.8, 4) is 0 Å². The zero-order valence-electron chi connectivity index (χ0n) is 11.0. The van der Waals surface area contributed by atoms with Crippen LogP contribution in [0.2, 0.25) is 0 Å². The highest BCUT2D eigenvalue weighted by atomic mass is 16.4. The molecule has 2 aliphatic carbocycles. The lowest BCUT2D eigenvalue weighted by atomic mass is 9.99. The minimum absolute atomic E-state index is 0.0784. The molecular formula is C14H24O4. The van der Waals surface area contributed by atoms with Gasteiger partial charge in [-0.3, -0.25) is 9.59 Å². The van der Waals surface area contributed by atoms with Crippen LogP contribution < -0.4 is 0 Å². The highest BCUT2D eigenvalue weighted by Gasteiger charge is 2.49. The zero-order chi connectivity index (χ0) is 13.4. The quantitative estimate of drug-likeness (QED) is 0.790. The van der Waals surface area contributed by atoms with Gasteiger partial charge in [-0.2, -0.15) is 0 Å². The van der Waals surface area contributed by atoms with E-state index in [1.54, 1.807) is 0 Å². The van der Waals surface area contributed by atoms with E-state index in [-0.39, 0.29) is 6.42 Å². The average molecular weight is 256 g/mol. The third kappa shape index (κ3) is 5.52. The number of carbonyl (C=O) groups is 2. The van der Waals surface area contributed by atoms with Crippen molar-refractivity contribution in [2.24, 2.45) is 5.41 Å². The van der Waals surface area contributed by atoms with Crippen LogP contribution in [0.15, 0.2) is 0 Å². The molecule has 2 fully saturated rings. The molecule has 2 rings (SSSR count). The van der Waals surface area contributed by atoms with Crippen LogP contribution in [0.4, 0.5) is 0 Å². The van der Waals surface area contributed by atoms with E-state index in [2.05, 4.69) is 0 Å². The monoisotopic (exact) mass is 256 g/mol. The molecule has 0 aromatic rings. The van der Waals surface area contributed by atoms with E-state index in [1.165, 1.54) is 38.5 Å². The van der Waals surface area contributed by atoms with Crippen LogP contribution in [0.5, 0.6) is 0 Å². The first-order chi connectivity index (χ1) is 8.57. The Labute approximate surface area is 108 Å². The van der Waals surface area contributed by atoms with Gasteiger partial charge < -0.3 is 10.2 Å². The van der Waals surface area contributed by atoms with Crippen molar-refractivity contribution in [2.45, 2.75) is 70.6 Å². The first-order valence-corrected chi connectivity index (χ1v) is 7.02. The van der Waals surface area contributed by atoms with Gasteiger partial charge in [0, 0.05) is 6.42 Å². The van der Waals surface area contributed by atoms with Crippen LogP contribution in [0.1, 0.15) is 70.6 Å². The lowest BCUT2D eigenvalue weighted by Crippen LogP contribution is -2.14. The fraction of sp³-hybridized carbons (Fsp3) is 0.857. The Morgan fingerprint density at radius 1 is 0.889 bits per heavy atom. The van der Waals surface area contributed by atoms with Crippen LogP contribution in [0.25, 0.3) is 0 Å². The molecule has 0 spiro atoms. The minimum Gasteiger partial charge on any atom is -0.481 e. The number of carboxylic acids is 2. The number of hydrogen-bond acceptors (Lipinski definition) is 2. The van der Waals surface area contributed by atoms with Gasteiger partial charge in [0.05, 0.1) is 5.41 Å². The van der Waals surface area contributed by atoms with Gasteiger partial charge in [0.1, 0.15) is 0 Å². The molecule has 0 unspecified atom stereocenters. The molecule has 18 heavy (non-hydrogen) atoms. The summed E-state index contributed by atoms with van der Waals surface area (Å²) in [5, 5.41) is 17.0. The number of carboxylic acid groups (broad SMARTS) is 2. The van der Waals surface area contributed by atoms with Gasteiger partial charge >= 0.3 is 11.9 Å². The molecule has 4 nitrogen and oxygen atoms in total. The summed E-state index contributed by atoms with van der Waals surface area (Å²) in [7, 11) is 0. The van der Waals surface area contributed by atoms with E-state index >= 15 is 0 Å². The fourth-order valence-corrected chi connectivity index (χ4v) is 2.36. The highest BCUT2D eigenvalue weighted by Crippen LogP contribution is 2.49. The molecule has 0 aliphatic heterocycles. The summed E-state index contributed by atoms with van der Waals surface area (Å²) in [5.74, 6) is -1.62. The minimum atomic E-state index is -0.851. The maximum atomic E-state index is 10.6. The van der Waals surface area contributed by atoms with Crippen molar-refractivity contribution >= 4 is 11.9 Å². The molecule has 0 bridgehead atoms. The van der Waals surface area contributed by atoms with Crippen LogP contribution in [-0.2, 0) is 9.59 Å². The van der Waals surface area contributed by atoms with Crippen LogP contribution >= 0.6 is 0 Å². The van der Waals surface area contributed by atoms with Gasteiger partial charge in [-0.1, -0.05) is 38.5 Å². The van der Waals surface area contributed by atoms with Crippen molar-refractivity contribution in [1.29, 1.82) is 0 Å². The number of hydrogen-bond donors (Lipinski definition) is 2. The third-order valence-corrected chi connectivity index (χ3v) is 3.85. The second kappa shape index (κ2) is 7.39. The van der Waals surface area contributed by atoms with Gasteiger partial charge in [0.25, 0.3) is 0 Å². The number of rotatable bonds is 5. The standard InChI is InChI=1S/C8H12O4.C6H12/c9-6(10)2-1-3-8(4-5-8)7(11)12;1-2-4-6-5-3-1/h1-5H2,(H,9,10)(H,11,12);1-6H2. The van der Waals surface area contributed by atoms with Crippen molar-refractivity contribution in [2.75, 3.05) is 0 Å². The summed E-state index contributed by atoms with van der Waals surface area (Å²) in [6.07, 6.45) is 11.5. The Hall–Kier alpha value is -1.06. The van der Waals surface area contributed by atoms with Crippen molar-refractivity contribution in [3.63, 3.8) is 0 Å². The lowest BCUT2D eigenvalue weighted by molar-refractivity contribution is -0.144. The van der Waals surface area contributed by atoms with Gasteiger partial charge in [0.15, 0.2) is 0 Å². The van der Waals surface area contributed by atoms with Crippen LogP contribution in [0.3, 0.4) is 0 Å². The average Bonchev–Trinajstić information content (AvgIpc) is 3.13.